The molecule has 0 spiro atoms. The second kappa shape index (κ2) is 5.96. The maximum absolute atomic E-state index is 13.6. The molecule has 0 unspecified atom stereocenters. The third-order valence-electron chi connectivity index (χ3n) is 3.46. The van der Waals surface area contributed by atoms with Crippen molar-refractivity contribution in [1.82, 2.24) is 10.2 Å². The molecule has 0 aliphatic carbocycles. The first kappa shape index (κ1) is 14.4. The average molecular weight is 281 g/mol. The predicted octanol–water partition coefficient (Wildman–Crippen LogP) is 1.56. The molecular weight excluding hydrogens is 265 g/mol. The predicted molar refractivity (Wildman–Crippen MR) is 71.0 cm³/mol. The van der Waals surface area contributed by atoms with Gasteiger partial charge in [0, 0.05) is 18.2 Å². The Morgan fingerprint density at radius 3 is 2.70 bits per heavy atom. The van der Waals surface area contributed by atoms with Crippen LogP contribution in [0.5, 0.6) is 0 Å². The molecule has 0 bridgehead atoms. The highest BCUT2D eigenvalue weighted by molar-refractivity contribution is 5.95. The van der Waals surface area contributed by atoms with E-state index in [0.29, 0.717) is 0 Å². The zero-order valence-corrected chi connectivity index (χ0v) is 11.1. The third-order valence-corrected chi connectivity index (χ3v) is 3.46. The van der Waals surface area contributed by atoms with Crippen molar-refractivity contribution in [3.05, 3.63) is 39.7 Å². The topological polar surface area (TPSA) is 75.5 Å². The Hall–Kier alpha value is -2.02. The van der Waals surface area contributed by atoms with E-state index >= 15 is 0 Å². The Kier molecular flexibility index (Phi) is 4.29. The van der Waals surface area contributed by atoms with Crippen molar-refractivity contribution in [2.45, 2.75) is 18.9 Å². The Morgan fingerprint density at radius 1 is 1.45 bits per heavy atom. The van der Waals surface area contributed by atoms with Crippen LogP contribution in [0, 0.1) is 15.9 Å². The minimum Gasteiger partial charge on any atom is -0.349 e. The molecule has 0 atom stereocenters. The minimum atomic E-state index is -0.749. The second-order valence-electron chi connectivity index (χ2n) is 4.97. The summed E-state index contributed by atoms with van der Waals surface area (Å²) in [6, 6.07) is 2.94. The molecule has 0 aromatic heterocycles. The van der Waals surface area contributed by atoms with Gasteiger partial charge in [-0.15, -0.1) is 0 Å². The number of hydrogen-bond donors (Lipinski definition) is 1. The molecule has 6 nitrogen and oxygen atoms in total. The summed E-state index contributed by atoms with van der Waals surface area (Å²) in [5, 5.41) is 13.4. The van der Waals surface area contributed by atoms with Gasteiger partial charge in [0.1, 0.15) is 5.82 Å². The fourth-order valence-corrected chi connectivity index (χ4v) is 2.22. The summed E-state index contributed by atoms with van der Waals surface area (Å²) >= 11 is 0. The number of carbonyl (C=O) groups excluding carboxylic acids is 1. The minimum absolute atomic E-state index is 0.0163. The maximum atomic E-state index is 13.6. The Labute approximate surface area is 115 Å². The lowest BCUT2D eigenvalue weighted by atomic mass is 10.0. The second-order valence-corrected chi connectivity index (χ2v) is 4.97. The molecule has 2 rings (SSSR count). The zero-order valence-electron chi connectivity index (χ0n) is 11.1. The average Bonchev–Trinajstić information content (AvgIpc) is 2.41. The number of nitro groups is 1. The van der Waals surface area contributed by atoms with Crippen molar-refractivity contribution in [2.75, 3.05) is 20.1 Å². The Balaban J connectivity index is 2.08. The van der Waals surface area contributed by atoms with Gasteiger partial charge in [0.25, 0.3) is 11.6 Å². The summed E-state index contributed by atoms with van der Waals surface area (Å²) in [4.78, 5) is 24.2. The van der Waals surface area contributed by atoms with E-state index in [9.17, 15) is 19.3 Å². The van der Waals surface area contributed by atoms with Crippen LogP contribution in [0.15, 0.2) is 18.2 Å². The molecule has 108 valence electrons. The largest absolute Gasteiger partial charge is 0.349 e. The number of nitrogens with zero attached hydrogens (tertiary/aromatic N) is 2. The van der Waals surface area contributed by atoms with Gasteiger partial charge in [0.2, 0.25) is 0 Å². The third kappa shape index (κ3) is 3.30. The SMILES string of the molecule is CN1CCC(NC(=O)c2cc([N+](=O)[O-])ccc2F)CC1. The van der Waals surface area contributed by atoms with Gasteiger partial charge in [-0.3, -0.25) is 14.9 Å². The first-order valence-corrected chi connectivity index (χ1v) is 6.40. The normalized spacial score (nSPS) is 16.9. The van der Waals surface area contributed by atoms with Gasteiger partial charge in [-0.25, -0.2) is 4.39 Å². The molecule has 1 heterocycles. The van der Waals surface area contributed by atoms with E-state index in [1.54, 1.807) is 0 Å². The van der Waals surface area contributed by atoms with E-state index in [2.05, 4.69) is 10.2 Å². The number of halogens is 1. The fraction of sp³-hybridized carbons (Fsp3) is 0.462. The number of piperidine rings is 1. The standard InChI is InChI=1S/C13H16FN3O3/c1-16-6-4-9(5-7-16)15-13(18)11-8-10(17(19)20)2-3-12(11)14/h2-3,8-9H,4-7H2,1H3,(H,15,18). The van der Waals surface area contributed by atoms with E-state index in [1.165, 1.54) is 0 Å². The van der Waals surface area contributed by atoms with Crippen LogP contribution in [0.25, 0.3) is 0 Å². The van der Waals surface area contributed by atoms with E-state index in [0.717, 1.165) is 44.1 Å². The van der Waals surface area contributed by atoms with Crippen LogP contribution in [-0.2, 0) is 0 Å². The van der Waals surface area contributed by atoms with Gasteiger partial charge < -0.3 is 10.2 Å². The fourth-order valence-electron chi connectivity index (χ4n) is 2.22. The summed E-state index contributed by atoms with van der Waals surface area (Å²) < 4.78 is 13.6. The Morgan fingerprint density at radius 2 is 2.10 bits per heavy atom. The lowest BCUT2D eigenvalue weighted by molar-refractivity contribution is -0.384. The number of rotatable bonds is 3. The molecular formula is C13H16FN3O3. The molecule has 1 aliphatic heterocycles. The van der Waals surface area contributed by atoms with E-state index in [4.69, 9.17) is 0 Å². The van der Waals surface area contributed by atoms with Crippen molar-refractivity contribution < 1.29 is 14.1 Å². The number of amides is 1. The highest BCUT2D eigenvalue weighted by Crippen LogP contribution is 2.17. The number of hydrogen-bond acceptors (Lipinski definition) is 4. The van der Waals surface area contributed by atoms with Crippen LogP contribution in [0.3, 0.4) is 0 Å². The van der Waals surface area contributed by atoms with Crippen molar-refractivity contribution in [3.8, 4) is 0 Å². The quantitative estimate of drug-likeness (QED) is 0.674. The molecule has 1 fully saturated rings. The van der Waals surface area contributed by atoms with Crippen molar-refractivity contribution in [2.24, 2.45) is 0 Å². The summed E-state index contributed by atoms with van der Waals surface area (Å²) in [6.07, 6.45) is 1.58. The first-order chi connectivity index (χ1) is 9.47. The van der Waals surface area contributed by atoms with Gasteiger partial charge in [-0.2, -0.15) is 0 Å². The van der Waals surface area contributed by atoms with Crippen molar-refractivity contribution in [1.29, 1.82) is 0 Å². The number of non-ortho nitro benzene ring substituents is 1. The number of nitro benzene ring substituents is 1. The lowest BCUT2D eigenvalue weighted by Gasteiger charge is -2.29. The van der Waals surface area contributed by atoms with E-state index in [1.807, 2.05) is 7.05 Å². The maximum Gasteiger partial charge on any atom is 0.270 e. The monoisotopic (exact) mass is 281 g/mol. The smallest absolute Gasteiger partial charge is 0.270 e. The van der Waals surface area contributed by atoms with Gasteiger partial charge in [0.05, 0.1) is 10.5 Å². The van der Waals surface area contributed by atoms with Crippen LogP contribution in [0.2, 0.25) is 0 Å². The number of benzene rings is 1. The molecule has 20 heavy (non-hydrogen) atoms. The van der Waals surface area contributed by atoms with Crippen LogP contribution < -0.4 is 5.32 Å². The number of likely N-dealkylation sites (tertiary alicyclic amines) is 1. The zero-order chi connectivity index (χ0) is 14.7. The van der Waals surface area contributed by atoms with E-state index in [-0.39, 0.29) is 17.3 Å². The van der Waals surface area contributed by atoms with Crippen LogP contribution >= 0.6 is 0 Å². The van der Waals surface area contributed by atoms with E-state index < -0.39 is 16.6 Å². The molecule has 1 N–H and O–H groups in total. The number of carbonyl (C=O) groups is 1. The van der Waals surface area contributed by atoms with Gasteiger partial charge >= 0.3 is 0 Å². The summed E-state index contributed by atoms with van der Waals surface area (Å²) in [5.41, 5.74) is -0.571. The summed E-state index contributed by atoms with van der Waals surface area (Å²) in [7, 11) is 2.00. The summed E-state index contributed by atoms with van der Waals surface area (Å²) in [6.45, 7) is 1.73. The lowest BCUT2D eigenvalue weighted by Crippen LogP contribution is -2.43. The molecule has 1 aromatic carbocycles. The van der Waals surface area contributed by atoms with Crippen LogP contribution in [0.4, 0.5) is 10.1 Å². The van der Waals surface area contributed by atoms with Gasteiger partial charge in [-0.05, 0) is 39.0 Å². The first-order valence-electron chi connectivity index (χ1n) is 6.40. The summed E-state index contributed by atoms with van der Waals surface area (Å²) in [5.74, 6) is -1.35. The van der Waals surface area contributed by atoms with Crippen LogP contribution in [-0.4, -0.2) is 41.9 Å². The highest BCUT2D eigenvalue weighted by Gasteiger charge is 2.22. The van der Waals surface area contributed by atoms with Crippen molar-refractivity contribution >= 4 is 11.6 Å². The van der Waals surface area contributed by atoms with Crippen molar-refractivity contribution in [3.63, 3.8) is 0 Å². The number of nitrogens with one attached hydrogen (secondary N) is 1. The molecule has 7 heteroatoms. The van der Waals surface area contributed by atoms with Crippen LogP contribution in [0.1, 0.15) is 23.2 Å². The molecule has 1 amide bonds. The van der Waals surface area contributed by atoms with Gasteiger partial charge in [-0.1, -0.05) is 0 Å². The molecule has 1 aromatic rings. The molecule has 1 saturated heterocycles. The molecule has 0 radical (unpaired) electrons. The highest BCUT2D eigenvalue weighted by atomic mass is 19.1. The Bertz CT molecular complexity index is 528. The molecule has 1 aliphatic rings. The van der Waals surface area contributed by atoms with Gasteiger partial charge in [0.15, 0.2) is 0 Å². The molecule has 0 saturated carbocycles.